The number of alkyl halides is 1. The van der Waals surface area contributed by atoms with Crippen molar-refractivity contribution in [3.8, 4) is 0 Å². The molecule has 0 aromatic heterocycles. The minimum atomic E-state index is -1.16. The van der Waals surface area contributed by atoms with E-state index in [2.05, 4.69) is 15.9 Å². The Bertz CT molecular complexity index is 1640. The average molecular weight is 792 g/mol. The Morgan fingerprint density at radius 3 is 1.70 bits per heavy atom. The summed E-state index contributed by atoms with van der Waals surface area (Å²) in [6.45, 7) is 3.38. The van der Waals surface area contributed by atoms with Crippen LogP contribution in [0.4, 0.5) is 0 Å². The second-order valence-electron chi connectivity index (χ2n) is 13.4. The first-order valence-corrected chi connectivity index (χ1v) is 19.3. The molecule has 11 heteroatoms. The Hall–Kier alpha value is -3.04. The zero-order valence-electron chi connectivity index (χ0n) is 29.6. The first-order chi connectivity index (χ1) is 26.1. The number of ether oxygens (including phenoxy) is 9. The SMILES string of the molecule is C[C@@H]1O[C@@H](O[C@H]2[C@H](OCCBr)O[C@@H]3COC(c4ccccc4)O[C@@H]3[C@@H]2O)[C@@H](OCc2ccccc2)[C@H](OCc2ccccc2)[C@@H]1OCc1ccccc1. The molecule has 11 atom stereocenters. The van der Waals surface area contributed by atoms with Crippen LogP contribution in [-0.2, 0) is 62.5 Å². The first kappa shape index (κ1) is 38.2. The molecule has 3 saturated heterocycles. The van der Waals surface area contributed by atoms with Crippen molar-refractivity contribution in [1.29, 1.82) is 0 Å². The van der Waals surface area contributed by atoms with Crippen molar-refractivity contribution in [1.82, 2.24) is 0 Å². The van der Waals surface area contributed by atoms with Crippen molar-refractivity contribution >= 4 is 15.9 Å². The number of aliphatic hydroxyl groups excluding tert-OH is 1. The van der Waals surface area contributed by atoms with E-state index >= 15 is 0 Å². The summed E-state index contributed by atoms with van der Waals surface area (Å²) in [5, 5.41) is 12.6. The maximum Gasteiger partial charge on any atom is 0.187 e. The van der Waals surface area contributed by atoms with Crippen molar-refractivity contribution in [2.45, 2.75) is 94.4 Å². The van der Waals surface area contributed by atoms with Gasteiger partial charge in [0.1, 0.15) is 42.7 Å². The van der Waals surface area contributed by atoms with Crippen molar-refractivity contribution in [3.05, 3.63) is 144 Å². The monoisotopic (exact) mass is 790 g/mol. The van der Waals surface area contributed by atoms with Gasteiger partial charge in [-0.3, -0.25) is 0 Å². The van der Waals surface area contributed by atoms with Crippen molar-refractivity contribution in [3.63, 3.8) is 0 Å². The van der Waals surface area contributed by atoms with Crippen LogP contribution >= 0.6 is 15.9 Å². The molecule has 3 aliphatic rings. The molecular weight excluding hydrogens is 744 g/mol. The number of benzene rings is 4. The summed E-state index contributed by atoms with van der Waals surface area (Å²) in [7, 11) is 0. The van der Waals surface area contributed by atoms with Gasteiger partial charge in [-0.05, 0) is 23.6 Å². The predicted octanol–water partition coefficient (Wildman–Crippen LogP) is 6.48. The van der Waals surface area contributed by atoms with Gasteiger partial charge >= 0.3 is 0 Å². The summed E-state index contributed by atoms with van der Waals surface area (Å²) < 4.78 is 58.4. The van der Waals surface area contributed by atoms with Crippen LogP contribution < -0.4 is 0 Å². The van der Waals surface area contributed by atoms with E-state index in [0.717, 1.165) is 22.3 Å². The van der Waals surface area contributed by atoms with E-state index in [1.165, 1.54) is 0 Å². The van der Waals surface area contributed by atoms with E-state index in [9.17, 15) is 5.11 Å². The van der Waals surface area contributed by atoms with Crippen LogP contribution in [0.1, 0.15) is 35.5 Å². The highest BCUT2D eigenvalue weighted by Crippen LogP contribution is 2.38. The quantitative estimate of drug-likeness (QED) is 0.135. The summed E-state index contributed by atoms with van der Waals surface area (Å²) in [6, 6.07) is 39.5. The highest BCUT2D eigenvalue weighted by atomic mass is 79.9. The third-order valence-corrected chi connectivity index (χ3v) is 9.94. The molecule has 10 nitrogen and oxygen atoms in total. The highest BCUT2D eigenvalue weighted by molar-refractivity contribution is 9.09. The lowest BCUT2D eigenvalue weighted by Crippen LogP contribution is -2.66. The van der Waals surface area contributed by atoms with Gasteiger partial charge in [-0.1, -0.05) is 137 Å². The van der Waals surface area contributed by atoms with Gasteiger partial charge in [0, 0.05) is 10.9 Å². The summed E-state index contributed by atoms with van der Waals surface area (Å²) in [6.07, 6.45) is -8.59. The van der Waals surface area contributed by atoms with Crippen LogP contribution in [0.2, 0.25) is 0 Å². The van der Waals surface area contributed by atoms with Gasteiger partial charge in [-0.2, -0.15) is 0 Å². The van der Waals surface area contributed by atoms with E-state index in [-0.39, 0.29) is 13.2 Å². The predicted molar refractivity (Wildman–Crippen MR) is 199 cm³/mol. The Labute approximate surface area is 319 Å². The zero-order valence-corrected chi connectivity index (χ0v) is 31.2. The molecule has 4 aromatic carbocycles. The largest absolute Gasteiger partial charge is 0.387 e. The molecule has 1 unspecified atom stereocenters. The first-order valence-electron chi connectivity index (χ1n) is 18.2. The van der Waals surface area contributed by atoms with Crippen LogP contribution in [0.3, 0.4) is 0 Å². The van der Waals surface area contributed by atoms with Crippen LogP contribution in [0, 0.1) is 0 Å². The maximum absolute atomic E-state index is 12.0. The van der Waals surface area contributed by atoms with Gasteiger partial charge in [0.2, 0.25) is 0 Å². The number of aliphatic hydroxyl groups is 1. The lowest BCUT2D eigenvalue weighted by molar-refractivity contribution is -0.396. The van der Waals surface area contributed by atoms with Crippen molar-refractivity contribution in [2.75, 3.05) is 18.5 Å². The summed E-state index contributed by atoms with van der Waals surface area (Å²) >= 11 is 3.45. The van der Waals surface area contributed by atoms with Gasteiger partial charge in [0.15, 0.2) is 18.9 Å². The molecule has 0 aliphatic carbocycles. The third-order valence-electron chi connectivity index (χ3n) is 9.61. The lowest BCUT2D eigenvalue weighted by Gasteiger charge is -2.50. The Morgan fingerprint density at radius 2 is 1.13 bits per heavy atom. The van der Waals surface area contributed by atoms with Crippen LogP contribution in [0.15, 0.2) is 121 Å². The fourth-order valence-corrected chi connectivity index (χ4v) is 7.11. The van der Waals surface area contributed by atoms with E-state index in [0.29, 0.717) is 25.2 Å². The van der Waals surface area contributed by atoms with Gasteiger partial charge in [0.05, 0.1) is 39.1 Å². The summed E-state index contributed by atoms with van der Waals surface area (Å²) in [5.41, 5.74) is 3.84. The zero-order chi connectivity index (χ0) is 36.4. The second-order valence-corrected chi connectivity index (χ2v) is 14.2. The summed E-state index contributed by atoms with van der Waals surface area (Å²) in [5.74, 6) is 0. The third kappa shape index (κ3) is 9.80. The second kappa shape index (κ2) is 19.0. The molecule has 7 rings (SSSR count). The Morgan fingerprint density at radius 1 is 0.604 bits per heavy atom. The molecule has 0 amide bonds. The maximum atomic E-state index is 12.0. The number of rotatable bonds is 15. The Kier molecular flexibility index (Phi) is 13.7. The van der Waals surface area contributed by atoms with Gasteiger partial charge in [0.25, 0.3) is 0 Å². The molecule has 4 aromatic rings. The summed E-state index contributed by atoms with van der Waals surface area (Å²) in [4.78, 5) is 0. The molecule has 0 bridgehead atoms. The van der Waals surface area contributed by atoms with E-state index in [1.807, 2.05) is 128 Å². The topological polar surface area (TPSA) is 103 Å². The minimum absolute atomic E-state index is 0.206. The minimum Gasteiger partial charge on any atom is -0.387 e. The van der Waals surface area contributed by atoms with E-state index in [4.69, 9.17) is 42.6 Å². The fraction of sp³-hybridized carbons (Fsp3) is 0.429. The van der Waals surface area contributed by atoms with E-state index in [1.54, 1.807) is 0 Å². The lowest BCUT2D eigenvalue weighted by atomic mass is 9.96. The number of hydrogen-bond donors (Lipinski definition) is 1. The molecule has 3 aliphatic heterocycles. The van der Waals surface area contributed by atoms with E-state index < -0.39 is 67.7 Å². The molecule has 3 fully saturated rings. The highest BCUT2D eigenvalue weighted by Gasteiger charge is 2.54. The molecule has 1 N–H and O–H groups in total. The van der Waals surface area contributed by atoms with Crippen LogP contribution in [-0.4, -0.2) is 85.1 Å². The van der Waals surface area contributed by atoms with Crippen LogP contribution in [0.25, 0.3) is 0 Å². The van der Waals surface area contributed by atoms with Gasteiger partial charge in [-0.15, -0.1) is 0 Å². The normalized spacial score (nSPS) is 31.5. The molecular formula is C42H47BrO10. The van der Waals surface area contributed by atoms with Crippen LogP contribution in [0.5, 0.6) is 0 Å². The number of fused-ring (bicyclic) bond motifs is 1. The smallest absolute Gasteiger partial charge is 0.187 e. The molecule has 3 heterocycles. The fourth-order valence-electron chi connectivity index (χ4n) is 6.92. The standard InChI is InChI=1S/C42H47BrO10/c1-28-35(46-24-29-14-6-2-7-15-29)38(47-25-30-16-8-3-9-17-30)39(48-26-31-18-10-4-11-19-31)42(50-28)53-37-34(44)36-33(51-41(37)45-23-22-43)27-49-40(52-36)32-20-12-5-13-21-32/h2-21,28,33-42,44H,22-27H2,1H3/t28-,33+,34-,35+,36-,37+,38+,39-,40?,41+,42-/m0/s1. The Balaban J connectivity index is 1.17. The van der Waals surface area contributed by atoms with Crippen molar-refractivity contribution in [2.24, 2.45) is 0 Å². The molecule has 282 valence electrons. The van der Waals surface area contributed by atoms with Gasteiger partial charge in [-0.25, -0.2) is 0 Å². The molecule has 53 heavy (non-hydrogen) atoms. The van der Waals surface area contributed by atoms with Crippen molar-refractivity contribution < 1.29 is 47.7 Å². The molecule has 0 saturated carbocycles. The molecule has 0 spiro atoms. The van der Waals surface area contributed by atoms with Gasteiger partial charge < -0.3 is 47.7 Å². The number of halogens is 1. The average Bonchev–Trinajstić information content (AvgIpc) is 3.21. The molecule has 0 radical (unpaired) electrons. The number of hydrogen-bond acceptors (Lipinski definition) is 10.